The SMILES string of the molecule is C(=C\c1ccc2cc(-c3ccc(-c4c5ccccc5cc5ccccc45)cc3)ccc2c1)/c1ccc2cc(-c3ccc(-c4c5ccccc5cc5ccccc45)cc3)ccc2c1. The van der Waals surface area contributed by atoms with E-state index in [-0.39, 0.29) is 0 Å². The third-order valence-electron chi connectivity index (χ3n) is 12.8. The van der Waals surface area contributed by atoms with E-state index in [0.717, 1.165) is 0 Å². The van der Waals surface area contributed by atoms with E-state index in [1.165, 1.54) is 120 Å². The highest BCUT2D eigenvalue weighted by atomic mass is 14.2. The zero-order valence-electron chi connectivity index (χ0n) is 34.1. The molecule has 0 heteroatoms. The van der Waals surface area contributed by atoms with Crippen LogP contribution in [-0.4, -0.2) is 0 Å². The number of rotatable bonds is 6. The van der Waals surface area contributed by atoms with Gasteiger partial charge in [0.2, 0.25) is 0 Å². The molecule has 0 fully saturated rings. The molecule has 12 aromatic rings. The second-order valence-electron chi connectivity index (χ2n) is 16.5. The van der Waals surface area contributed by atoms with Crippen molar-refractivity contribution in [3.63, 3.8) is 0 Å². The molecule has 0 aliphatic carbocycles. The summed E-state index contributed by atoms with van der Waals surface area (Å²) in [6.07, 6.45) is 4.44. The molecule has 0 amide bonds. The van der Waals surface area contributed by atoms with Crippen molar-refractivity contribution in [1.29, 1.82) is 0 Å². The zero-order chi connectivity index (χ0) is 41.0. The maximum Gasteiger partial charge on any atom is -0.00268 e. The number of fused-ring (bicyclic) bond motifs is 6. The van der Waals surface area contributed by atoms with E-state index in [4.69, 9.17) is 0 Å². The third kappa shape index (κ3) is 6.42. The Bertz CT molecular complexity index is 3360. The van der Waals surface area contributed by atoms with Gasteiger partial charge >= 0.3 is 0 Å². The fraction of sp³-hybridized carbons (Fsp3) is 0. The highest BCUT2D eigenvalue weighted by Gasteiger charge is 2.12. The summed E-state index contributed by atoms with van der Waals surface area (Å²) >= 11 is 0. The number of hydrogen-bond donors (Lipinski definition) is 0. The zero-order valence-corrected chi connectivity index (χ0v) is 34.1. The van der Waals surface area contributed by atoms with Crippen LogP contribution in [0.15, 0.2) is 231 Å². The minimum atomic E-state index is 1.19. The van der Waals surface area contributed by atoms with Crippen LogP contribution < -0.4 is 0 Å². The Balaban J connectivity index is 0.771. The summed E-state index contributed by atoms with van der Waals surface area (Å²) in [7, 11) is 0. The molecule has 12 aromatic carbocycles. The van der Waals surface area contributed by atoms with Gasteiger partial charge < -0.3 is 0 Å². The molecule has 0 aliphatic heterocycles. The van der Waals surface area contributed by atoms with E-state index in [1.54, 1.807) is 0 Å². The van der Waals surface area contributed by atoms with Gasteiger partial charge in [0.05, 0.1) is 0 Å². The van der Waals surface area contributed by atoms with Crippen molar-refractivity contribution in [2.24, 2.45) is 0 Å². The highest BCUT2D eigenvalue weighted by Crippen LogP contribution is 2.39. The molecule has 0 atom stereocenters. The Kier molecular flexibility index (Phi) is 8.61. The molecule has 0 bridgehead atoms. The van der Waals surface area contributed by atoms with Gasteiger partial charge in [0.1, 0.15) is 0 Å². The predicted molar refractivity (Wildman–Crippen MR) is 269 cm³/mol. The Morgan fingerprint density at radius 1 is 0.194 bits per heavy atom. The van der Waals surface area contributed by atoms with Crippen LogP contribution in [0.25, 0.3) is 121 Å². The van der Waals surface area contributed by atoms with Crippen LogP contribution in [0.4, 0.5) is 0 Å². The van der Waals surface area contributed by atoms with Crippen LogP contribution in [0.2, 0.25) is 0 Å². The van der Waals surface area contributed by atoms with Gasteiger partial charge in [0, 0.05) is 0 Å². The maximum atomic E-state index is 2.31. The Labute approximate surface area is 361 Å². The quantitative estimate of drug-likeness (QED) is 0.116. The molecule has 62 heavy (non-hydrogen) atoms. The average Bonchev–Trinajstić information content (AvgIpc) is 3.34. The molecular formula is C62H40. The molecule has 0 spiro atoms. The Hall–Kier alpha value is -8.06. The maximum absolute atomic E-state index is 2.31. The molecule has 0 aliphatic rings. The molecule has 12 rings (SSSR count). The van der Waals surface area contributed by atoms with Crippen molar-refractivity contribution in [3.8, 4) is 44.5 Å². The highest BCUT2D eigenvalue weighted by molar-refractivity contribution is 6.14. The van der Waals surface area contributed by atoms with Gasteiger partial charge in [-0.05, 0) is 157 Å². The second-order valence-corrected chi connectivity index (χ2v) is 16.5. The summed E-state index contributed by atoms with van der Waals surface area (Å²) in [4.78, 5) is 0. The third-order valence-corrected chi connectivity index (χ3v) is 12.8. The lowest BCUT2D eigenvalue weighted by atomic mass is 9.91. The van der Waals surface area contributed by atoms with Crippen molar-refractivity contribution in [1.82, 2.24) is 0 Å². The van der Waals surface area contributed by atoms with Crippen molar-refractivity contribution < 1.29 is 0 Å². The first kappa shape index (κ1) is 35.8. The first-order valence-electron chi connectivity index (χ1n) is 21.5. The molecule has 0 saturated carbocycles. The van der Waals surface area contributed by atoms with Gasteiger partial charge in [-0.25, -0.2) is 0 Å². The van der Waals surface area contributed by atoms with Crippen LogP contribution in [0.3, 0.4) is 0 Å². The van der Waals surface area contributed by atoms with Crippen molar-refractivity contribution in [2.45, 2.75) is 0 Å². The first-order valence-corrected chi connectivity index (χ1v) is 21.5. The molecule has 0 nitrogen and oxygen atoms in total. The average molecular weight is 785 g/mol. The van der Waals surface area contributed by atoms with E-state index in [9.17, 15) is 0 Å². The Morgan fingerprint density at radius 3 is 0.855 bits per heavy atom. The normalized spacial score (nSPS) is 11.8. The monoisotopic (exact) mass is 784 g/mol. The van der Waals surface area contributed by atoms with E-state index in [1.807, 2.05) is 0 Å². The standard InChI is InChI=1S/C62H40/c1-5-13-57-53(9-1)39-54-10-2-6-14-58(54)61(57)45-27-23-43(24-28-45)49-33-31-47-35-41(19-21-51(47)37-49)17-18-42-20-22-52-38-50(34-32-48(52)36-42)44-25-29-46(30-26-44)62-59-15-7-3-11-55(59)40-56-12-4-8-16-60(56)62/h1-40H/b18-17+. The van der Waals surface area contributed by atoms with Gasteiger partial charge in [0.25, 0.3) is 0 Å². The summed E-state index contributed by atoms with van der Waals surface area (Å²) in [5.41, 5.74) is 12.3. The summed E-state index contributed by atoms with van der Waals surface area (Å²) in [5, 5.41) is 15.2. The van der Waals surface area contributed by atoms with Crippen molar-refractivity contribution in [2.75, 3.05) is 0 Å². The van der Waals surface area contributed by atoms with Crippen molar-refractivity contribution >= 4 is 76.8 Å². The van der Waals surface area contributed by atoms with Crippen molar-refractivity contribution in [3.05, 3.63) is 242 Å². The number of hydrogen-bond acceptors (Lipinski definition) is 0. The smallest absolute Gasteiger partial charge is 0.00268 e. The summed E-state index contributed by atoms with van der Waals surface area (Å²) in [6.45, 7) is 0. The van der Waals surface area contributed by atoms with E-state index in [0.29, 0.717) is 0 Å². The molecule has 0 aromatic heterocycles. The van der Waals surface area contributed by atoms with Gasteiger partial charge in [-0.15, -0.1) is 0 Å². The minimum Gasteiger partial charge on any atom is -0.0616 e. The molecule has 0 heterocycles. The van der Waals surface area contributed by atoms with Crippen LogP contribution >= 0.6 is 0 Å². The summed E-state index contributed by atoms with van der Waals surface area (Å²) in [5.74, 6) is 0. The topological polar surface area (TPSA) is 0 Å². The summed E-state index contributed by atoms with van der Waals surface area (Å²) < 4.78 is 0. The Morgan fingerprint density at radius 2 is 0.484 bits per heavy atom. The lowest BCUT2D eigenvalue weighted by Crippen LogP contribution is -1.86. The fourth-order valence-corrected chi connectivity index (χ4v) is 9.60. The largest absolute Gasteiger partial charge is 0.0616 e. The second kappa shape index (κ2) is 14.9. The molecule has 0 N–H and O–H groups in total. The molecular weight excluding hydrogens is 745 g/mol. The molecule has 0 saturated heterocycles. The van der Waals surface area contributed by atoms with Gasteiger partial charge in [-0.1, -0.05) is 206 Å². The summed E-state index contributed by atoms with van der Waals surface area (Å²) in [6, 6.07) is 84.7. The lowest BCUT2D eigenvalue weighted by molar-refractivity contribution is 1.62. The van der Waals surface area contributed by atoms with Crippen LogP contribution in [0.1, 0.15) is 11.1 Å². The predicted octanol–water partition coefficient (Wildman–Crippen LogP) is 17.4. The molecule has 0 unspecified atom stereocenters. The van der Waals surface area contributed by atoms with E-state index >= 15 is 0 Å². The van der Waals surface area contributed by atoms with E-state index < -0.39 is 0 Å². The van der Waals surface area contributed by atoms with Crippen LogP contribution in [-0.2, 0) is 0 Å². The van der Waals surface area contributed by atoms with Crippen LogP contribution in [0, 0.1) is 0 Å². The molecule has 0 radical (unpaired) electrons. The lowest BCUT2D eigenvalue weighted by Gasteiger charge is -2.13. The van der Waals surface area contributed by atoms with Gasteiger partial charge in [0.15, 0.2) is 0 Å². The number of benzene rings is 12. The first-order chi connectivity index (χ1) is 30.7. The minimum absolute atomic E-state index is 1.19. The molecule has 288 valence electrons. The fourth-order valence-electron chi connectivity index (χ4n) is 9.60. The van der Waals surface area contributed by atoms with E-state index in [2.05, 4.69) is 243 Å². The van der Waals surface area contributed by atoms with Gasteiger partial charge in [-0.3, -0.25) is 0 Å². The van der Waals surface area contributed by atoms with Gasteiger partial charge in [-0.2, -0.15) is 0 Å². The van der Waals surface area contributed by atoms with Crippen LogP contribution in [0.5, 0.6) is 0 Å².